The number of rotatable bonds is 4. The molecular formula is C16H25N3O. The maximum atomic E-state index is 12.0. The van der Waals surface area contributed by atoms with Gasteiger partial charge in [0.1, 0.15) is 0 Å². The van der Waals surface area contributed by atoms with Gasteiger partial charge in [0.25, 0.3) is 0 Å². The van der Waals surface area contributed by atoms with Gasteiger partial charge in [-0.15, -0.1) is 0 Å². The first-order valence-electron chi connectivity index (χ1n) is 7.50. The Bertz CT molecular complexity index is 413. The molecule has 0 unspecified atom stereocenters. The summed E-state index contributed by atoms with van der Waals surface area (Å²) in [6, 6.07) is 10.8. The molecule has 0 spiro atoms. The number of amides is 2. The van der Waals surface area contributed by atoms with Crippen molar-refractivity contribution in [3.63, 3.8) is 0 Å². The van der Waals surface area contributed by atoms with Crippen LogP contribution in [0.5, 0.6) is 0 Å². The molecular weight excluding hydrogens is 250 g/mol. The van der Waals surface area contributed by atoms with E-state index in [2.05, 4.69) is 41.4 Å². The van der Waals surface area contributed by atoms with E-state index in [0.717, 1.165) is 39.1 Å². The first-order valence-corrected chi connectivity index (χ1v) is 7.50. The van der Waals surface area contributed by atoms with Crippen LogP contribution in [0.3, 0.4) is 0 Å². The van der Waals surface area contributed by atoms with Gasteiger partial charge in [-0.05, 0) is 18.9 Å². The van der Waals surface area contributed by atoms with Crippen LogP contribution < -0.4 is 5.32 Å². The first kappa shape index (κ1) is 14.9. The third-order valence-electron chi connectivity index (χ3n) is 3.89. The van der Waals surface area contributed by atoms with Gasteiger partial charge in [0.05, 0.1) is 0 Å². The molecule has 2 rings (SSSR count). The minimum atomic E-state index is 0.0821. The van der Waals surface area contributed by atoms with Crippen molar-refractivity contribution in [3.05, 3.63) is 35.9 Å². The van der Waals surface area contributed by atoms with Crippen LogP contribution in [0.15, 0.2) is 30.3 Å². The van der Waals surface area contributed by atoms with Crippen LogP contribution >= 0.6 is 0 Å². The lowest BCUT2D eigenvalue weighted by Gasteiger charge is -2.35. The van der Waals surface area contributed by atoms with E-state index in [9.17, 15) is 4.79 Å². The van der Waals surface area contributed by atoms with E-state index in [4.69, 9.17) is 0 Å². The highest BCUT2D eigenvalue weighted by molar-refractivity contribution is 5.74. The largest absolute Gasteiger partial charge is 0.336 e. The summed E-state index contributed by atoms with van der Waals surface area (Å²) in [5.41, 5.74) is 1.34. The van der Waals surface area contributed by atoms with Gasteiger partial charge in [0, 0.05) is 38.8 Å². The summed E-state index contributed by atoms with van der Waals surface area (Å²) in [4.78, 5) is 16.4. The lowest BCUT2D eigenvalue weighted by atomic mass is 10.2. The molecule has 1 aromatic carbocycles. The van der Waals surface area contributed by atoms with Gasteiger partial charge in [0.15, 0.2) is 0 Å². The molecule has 4 heteroatoms. The van der Waals surface area contributed by atoms with Gasteiger partial charge >= 0.3 is 6.03 Å². The number of carbonyl (C=O) groups is 1. The molecule has 0 bridgehead atoms. The topological polar surface area (TPSA) is 35.6 Å². The molecule has 110 valence electrons. The molecule has 1 atom stereocenters. The predicted molar refractivity (Wildman–Crippen MR) is 81.6 cm³/mol. The van der Waals surface area contributed by atoms with Crippen molar-refractivity contribution in [2.24, 2.45) is 0 Å². The number of carbonyl (C=O) groups excluding carboxylic acids is 1. The van der Waals surface area contributed by atoms with E-state index in [1.807, 2.05) is 17.9 Å². The molecule has 2 amide bonds. The molecule has 1 aliphatic rings. The van der Waals surface area contributed by atoms with E-state index >= 15 is 0 Å². The second-order valence-corrected chi connectivity index (χ2v) is 5.51. The third kappa shape index (κ3) is 4.23. The molecule has 1 saturated heterocycles. The summed E-state index contributed by atoms with van der Waals surface area (Å²) in [5, 5.41) is 3.03. The number of hydrogen-bond donors (Lipinski definition) is 1. The van der Waals surface area contributed by atoms with Crippen LogP contribution in [0.2, 0.25) is 0 Å². The van der Waals surface area contributed by atoms with Crippen LogP contribution in [0.1, 0.15) is 25.8 Å². The Kier molecular flexibility index (Phi) is 5.41. The minimum Gasteiger partial charge on any atom is -0.336 e. The maximum absolute atomic E-state index is 12.0. The van der Waals surface area contributed by atoms with Gasteiger partial charge in [-0.1, -0.05) is 37.3 Å². The monoisotopic (exact) mass is 275 g/mol. The minimum absolute atomic E-state index is 0.0821. The summed E-state index contributed by atoms with van der Waals surface area (Å²) < 4.78 is 0. The molecule has 0 radical (unpaired) electrons. The van der Waals surface area contributed by atoms with Crippen LogP contribution in [-0.4, -0.2) is 48.1 Å². The fraction of sp³-hybridized carbons (Fsp3) is 0.562. The Hall–Kier alpha value is -1.55. The van der Waals surface area contributed by atoms with E-state index in [0.29, 0.717) is 0 Å². The highest BCUT2D eigenvalue weighted by atomic mass is 16.2. The van der Waals surface area contributed by atoms with Crippen molar-refractivity contribution < 1.29 is 4.79 Å². The van der Waals surface area contributed by atoms with Gasteiger partial charge in [-0.2, -0.15) is 0 Å². The van der Waals surface area contributed by atoms with E-state index in [1.165, 1.54) is 5.56 Å². The molecule has 1 aliphatic heterocycles. The fourth-order valence-corrected chi connectivity index (χ4v) is 2.35. The molecule has 1 N–H and O–H groups in total. The number of hydrogen-bond acceptors (Lipinski definition) is 2. The molecule has 1 heterocycles. The molecule has 0 aliphatic carbocycles. The zero-order valence-electron chi connectivity index (χ0n) is 12.5. The Morgan fingerprint density at radius 2 is 1.85 bits per heavy atom. The fourth-order valence-electron chi connectivity index (χ4n) is 2.35. The summed E-state index contributed by atoms with van der Waals surface area (Å²) in [6.45, 7) is 8.63. The maximum Gasteiger partial charge on any atom is 0.317 e. The summed E-state index contributed by atoms with van der Waals surface area (Å²) in [7, 11) is 0. The van der Waals surface area contributed by atoms with Crippen LogP contribution in [0.4, 0.5) is 4.79 Å². The first-order chi connectivity index (χ1) is 9.69. The van der Waals surface area contributed by atoms with Crippen molar-refractivity contribution >= 4 is 6.03 Å². The number of nitrogens with zero attached hydrogens (tertiary/aromatic N) is 2. The van der Waals surface area contributed by atoms with Crippen LogP contribution in [-0.2, 0) is 6.54 Å². The third-order valence-corrected chi connectivity index (χ3v) is 3.89. The SMILES string of the molecule is CC[C@H](C)NC(=O)N1CCN(Cc2ccccc2)CC1. The van der Waals surface area contributed by atoms with Gasteiger partial charge in [-0.25, -0.2) is 4.79 Å². The van der Waals surface area contributed by atoms with E-state index in [-0.39, 0.29) is 12.1 Å². The van der Waals surface area contributed by atoms with E-state index < -0.39 is 0 Å². The average Bonchev–Trinajstić information content (AvgIpc) is 2.49. The molecule has 1 aromatic rings. The highest BCUT2D eigenvalue weighted by Gasteiger charge is 2.21. The van der Waals surface area contributed by atoms with Crippen molar-refractivity contribution in [1.82, 2.24) is 15.1 Å². The van der Waals surface area contributed by atoms with Crippen LogP contribution in [0.25, 0.3) is 0 Å². The van der Waals surface area contributed by atoms with E-state index in [1.54, 1.807) is 0 Å². The molecule has 4 nitrogen and oxygen atoms in total. The molecule has 20 heavy (non-hydrogen) atoms. The molecule has 0 aromatic heterocycles. The lowest BCUT2D eigenvalue weighted by Crippen LogP contribution is -2.52. The van der Waals surface area contributed by atoms with Crippen LogP contribution in [0, 0.1) is 0 Å². The second-order valence-electron chi connectivity index (χ2n) is 5.51. The Labute approximate surface area is 121 Å². The Morgan fingerprint density at radius 1 is 1.20 bits per heavy atom. The number of piperazine rings is 1. The van der Waals surface area contributed by atoms with Crippen molar-refractivity contribution in [2.45, 2.75) is 32.9 Å². The zero-order valence-corrected chi connectivity index (χ0v) is 12.5. The number of benzene rings is 1. The van der Waals surface area contributed by atoms with Gasteiger partial charge in [-0.3, -0.25) is 4.90 Å². The second kappa shape index (κ2) is 7.29. The molecule has 1 fully saturated rings. The normalized spacial score (nSPS) is 17.8. The van der Waals surface area contributed by atoms with Crippen molar-refractivity contribution in [2.75, 3.05) is 26.2 Å². The standard InChI is InChI=1S/C16H25N3O/c1-3-14(2)17-16(20)19-11-9-18(10-12-19)13-15-7-5-4-6-8-15/h4-8,14H,3,9-13H2,1-2H3,(H,17,20)/t14-/m0/s1. The summed E-state index contributed by atoms with van der Waals surface area (Å²) in [6.07, 6.45) is 0.972. The highest BCUT2D eigenvalue weighted by Crippen LogP contribution is 2.08. The smallest absolute Gasteiger partial charge is 0.317 e. The molecule has 0 saturated carbocycles. The van der Waals surface area contributed by atoms with Gasteiger partial charge < -0.3 is 10.2 Å². The quantitative estimate of drug-likeness (QED) is 0.915. The Morgan fingerprint density at radius 3 is 2.45 bits per heavy atom. The average molecular weight is 275 g/mol. The van der Waals surface area contributed by atoms with Crippen molar-refractivity contribution in [1.29, 1.82) is 0 Å². The zero-order chi connectivity index (χ0) is 14.4. The summed E-state index contributed by atoms with van der Waals surface area (Å²) in [5.74, 6) is 0. The van der Waals surface area contributed by atoms with Gasteiger partial charge in [0.2, 0.25) is 0 Å². The summed E-state index contributed by atoms with van der Waals surface area (Å²) >= 11 is 0. The number of nitrogens with one attached hydrogen (secondary N) is 1. The number of urea groups is 1. The predicted octanol–water partition coefficient (Wildman–Crippen LogP) is 2.31. The van der Waals surface area contributed by atoms with Crippen molar-refractivity contribution in [3.8, 4) is 0 Å². The Balaban J connectivity index is 1.76. The lowest BCUT2D eigenvalue weighted by molar-refractivity contribution is 0.133.